The number of imide groups is 1. The van der Waals surface area contributed by atoms with Crippen LogP contribution in [0.25, 0.3) is 0 Å². The van der Waals surface area contributed by atoms with Gasteiger partial charge in [0.15, 0.2) is 0 Å². The van der Waals surface area contributed by atoms with Crippen molar-refractivity contribution in [3.8, 4) is 5.75 Å². The highest BCUT2D eigenvalue weighted by atomic mass is 16.5. The Morgan fingerprint density at radius 1 is 1.03 bits per heavy atom. The van der Waals surface area contributed by atoms with Crippen LogP contribution >= 0.6 is 0 Å². The molecule has 0 bridgehead atoms. The van der Waals surface area contributed by atoms with Crippen molar-refractivity contribution in [2.45, 2.75) is 69.7 Å². The number of hydrogen-bond donors (Lipinski definition) is 1. The number of fused-ring (bicyclic) bond motifs is 1. The third-order valence-corrected chi connectivity index (χ3v) is 8.06. The summed E-state index contributed by atoms with van der Waals surface area (Å²) in [5.74, 6) is -0.000795. The Morgan fingerprint density at radius 3 is 2.61 bits per heavy atom. The zero-order chi connectivity index (χ0) is 22.6. The number of benzene rings is 1. The van der Waals surface area contributed by atoms with Crippen molar-refractivity contribution in [3.63, 3.8) is 0 Å². The lowest BCUT2D eigenvalue weighted by Crippen LogP contribution is -2.69. The fourth-order valence-corrected chi connectivity index (χ4v) is 6.23. The predicted octanol–water partition coefficient (Wildman–Crippen LogP) is 1.86. The van der Waals surface area contributed by atoms with E-state index in [-0.39, 0.29) is 30.2 Å². The third-order valence-electron chi connectivity index (χ3n) is 8.06. The monoisotopic (exact) mass is 453 g/mol. The predicted molar refractivity (Wildman–Crippen MR) is 119 cm³/mol. The van der Waals surface area contributed by atoms with Gasteiger partial charge in [-0.1, -0.05) is 12.8 Å². The maximum absolute atomic E-state index is 13.0. The Kier molecular flexibility index (Phi) is 5.18. The van der Waals surface area contributed by atoms with Gasteiger partial charge in [-0.05, 0) is 49.4 Å². The highest BCUT2D eigenvalue weighted by Crippen LogP contribution is 2.41. The van der Waals surface area contributed by atoms with E-state index in [4.69, 9.17) is 9.47 Å². The first-order chi connectivity index (χ1) is 16.0. The van der Waals surface area contributed by atoms with E-state index in [1.165, 1.54) is 19.3 Å². The van der Waals surface area contributed by atoms with E-state index >= 15 is 0 Å². The standard InChI is InChI=1S/C25H31N3O5/c29-22-9-8-20(23(30)26-22)28-11-16-10-17(6-7-18(16)24(28)31)33-21-5-3-1-2-4-19(21)27-12-25(13-27)14-32-15-25/h6-7,10,19-21H,1-5,8-9,11-15H2,(H,26,29,30)/t19-,20?,21+/m1/s1. The summed E-state index contributed by atoms with van der Waals surface area (Å²) in [5.41, 5.74) is 1.91. The lowest BCUT2D eigenvalue weighted by molar-refractivity contribution is -0.205. The molecule has 1 spiro atoms. The van der Waals surface area contributed by atoms with E-state index in [0.717, 1.165) is 50.5 Å². The average Bonchev–Trinajstić information content (AvgIpc) is 2.89. The van der Waals surface area contributed by atoms with Crippen molar-refractivity contribution in [2.75, 3.05) is 26.3 Å². The smallest absolute Gasteiger partial charge is 0.255 e. The molecule has 176 valence electrons. The van der Waals surface area contributed by atoms with Crippen molar-refractivity contribution >= 4 is 17.7 Å². The van der Waals surface area contributed by atoms with Crippen LogP contribution in [-0.2, 0) is 20.9 Å². The van der Waals surface area contributed by atoms with Crippen molar-refractivity contribution in [2.24, 2.45) is 5.41 Å². The Labute approximate surface area is 193 Å². The fraction of sp³-hybridized carbons (Fsp3) is 0.640. The first-order valence-electron chi connectivity index (χ1n) is 12.3. The van der Waals surface area contributed by atoms with Crippen LogP contribution in [0.2, 0.25) is 0 Å². The number of ether oxygens (including phenoxy) is 2. The second kappa shape index (κ2) is 8.09. The Morgan fingerprint density at radius 2 is 1.85 bits per heavy atom. The number of nitrogens with zero attached hydrogens (tertiary/aromatic N) is 2. The summed E-state index contributed by atoms with van der Waals surface area (Å²) in [6.07, 6.45) is 6.65. The summed E-state index contributed by atoms with van der Waals surface area (Å²) < 4.78 is 12.0. The second-order valence-corrected chi connectivity index (χ2v) is 10.5. The molecule has 3 saturated heterocycles. The van der Waals surface area contributed by atoms with Crippen LogP contribution in [0.3, 0.4) is 0 Å². The SMILES string of the molecule is O=C1CCC(N2Cc3cc(O[C@H]4CCCCC[C@H]4N4CC5(COC5)C4)ccc3C2=O)C(=O)N1. The first kappa shape index (κ1) is 21.1. The van der Waals surface area contributed by atoms with Crippen LogP contribution in [0.1, 0.15) is 60.9 Å². The van der Waals surface area contributed by atoms with Gasteiger partial charge in [0.1, 0.15) is 17.9 Å². The largest absolute Gasteiger partial charge is 0.489 e. The molecule has 0 aromatic heterocycles. The first-order valence-corrected chi connectivity index (χ1v) is 12.3. The van der Waals surface area contributed by atoms with E-state index in [0.29, 0.717) is 30.0 Å². The van der Waals surface area contributed by atoms with E-state index in [9.17, 15) is 14.4 Å². The molecule has 5 aliphatic rings. The molecule has 8 heteroatoms. The molecule has 8 nitrogen and oxygen atoms in total. The topological polar surface area (TPSA) is 88.2 Å². The van der Waals surface area contributed by atoms with Crippen molar-refractivity contribution in [1.29, 1.82) is 0 Å². The molecule has 1 saturated carbocycles. The van der Waals surface area contributed by atoms with Gasteiger partial charge in [0.05, 0.1) is 13.2 Å². The van der Waals surface area contributed by atoms with Gasteiger partial charge in [-0.2, -0.15) is 0 Å². The van der Waals surface area contributed by atoms with Crippen molar-refractivity contribution < 1.29 is 23.9 Å². The van der Waals surface area contributed by atoms with Crippen LogP contribution in [0.15, 0.2) is 18.2 Å². The molecule has 1 aromatic rings. The second-order valence-electron chi connectivity index (χ2n) is 10.5. The van der Waals surface area contributed by atoms with E-state index in [1.54, 1.807) is 4.90 Å². The molecular formula is C25H31N3O5. The van der Waals surface area contributed by atoms with E-state index in [1.807, 2.05) is 18.2 Å². The molecule has 33 heavy (non-hydrogen) atoms. The summed E-state index contributed by atoms with van der Waals surface area (Å²) >= 11 is 0. The quantitative estimate of drug-likeness (QED) is 0.553. The maximum atomic E-state index is 13.0. The molecule has 1 aromatic carbocycles. The van der Waals surface area contributed by atoms with Crippen LogP contribution in [0.5, 0.6) is 5.75 Å². The molecule has 3 atom stereocenters. The highest BCUT2D eigenvalue weighted by Gasteiger charge is 2.52. The number of likely N-dealkylation sites (tertiary alicyclic amines) is 1. The Hall–Kier alpha value is -2.45. The van der Waals surface area contributed by atoms with Crippen LogP contribution in [0, 0.1) is 5.41 Å². The minimum Gasteiger partial charge on any atom is -0.489 e. The fourth-order valence-electron chi connectivity index (χ4n) is 6.23. The third kappa shape index (κ3) is 3.73. The van der Waals surface area contributed by atoms with Crippen LogP contribution < -0.4 is 10.1 Å². The Bertz CT molecular complexity index is 982. The molecular weight excluding hydrogens is 422 g/mol. The zero-order valence-corrected chi connectivity index (χ0v) is 18.9. The normalized spacial score (nSPS) is 31.5. The molecule has 1 N–H and O–H groups in total. The summed E-state index contributed by atoms with van der Waals surface area (Å²) in [5, 5.41) is 2.36. The number of carbonyl (C=O) groups is 3. The molecule has 4 aliphatic heterocycles. The minimum atomic E-state index is -0.590. The van der Waals surface area contributed by atoms with Crippen LogP contribution in [0.4, 0.5) is 0 Å². The molecule has 1 aliphatic carbocycles. The summed E-state index contributed by atoms with van der Waals surface area (Å²) in [6.45, 7) is 4.38. The number of piperidine rings is 1. The number of amides is 3. The highest BCUT2D eigenvalue weighted by molar-refractivity contribution is 6.05. The minimum absolute atomic E-state index is 0.146. The van der Waals surface area contributed by atoms with Gasteiger partial charge in [-0.25, -0.2) is 0 Å². The van der Waals surface area contributed by atoms with Crippen LogP contribution in [-0.4, -0.2) is 72.0 Å². The summed E-state index contributed by atoms with van der Waals surface area (Å²) in [6, 6.07) is 5.53. The van der Waals surface area contributed by atoms with Gasteiger partial charge in [0.25, 0.3) is 5.91 Å². The molecule has 1 unspecified atom stereocenters. The lowest BCUT2D eigenvalue weighted by Gasteiger charge is -2.58. The van der Waals surface area contributed by atoms with E-state index < -0.39 is 6.04 Å². The molecule has 6 rings (SSSR count). The number of carbonyl (C=O) groups excluding carboxylic acids is 3. The Balaban J connectivity index is 1.16. The van der Waals surface area contributed by atoms with Crippen molar-refractivity contribution in [3.05, 3.63) is 29.3 Å². The van der Waals surface area contributed by atoms with Gasteiger partial charge >= 0.3 is 0 Å². The van der Waals surface area contributed by atoms with Crippen molar-refractivity contribution in [1.82, 2.24) is 15.1 Å². The molecule has 4 fully saturated rings. The molecule has 4 heterocycles. The number of nitrogens with one attached hydrogen (secondary N) is 1. The van der Waals surface area contributed by atoms with Gasteiger partial charge in [-0.3, -0.25) is 24.6 Å². The molecule has 3 amide bonds. The summed E-state index contributed by atoms with van der Waals surface area (Å²) in [7, 11) is 0. The number of rotatable bonds is 4. The van der Waals surface area contributed by atoms with Gasteiger partial charge in [0.2, 0.25) is 11.8 Å². The lowest BCUT2D eigenvalue weighted by atomic mass is 9.76. The number of hydrogen-bond acceptors (Lipinski definition) is 6. The van der Waals surface area contributed by atoms with E-state index in [2.05, 4.69) is 10.2 Å². The van der Waals surface area contributed by atoms with Gasteiger partial charge in [0, 0.05) is 43.1 Å². The summed E-state index contributed by atoms with van der Waals surface area (Å²) in [4.78, 5) is 40.9. The van der Waals surface area contributed by atoms with Gasteiger partial charge in [-0.15, -0.1) is 0 Å². The zero-order valence-electron chi connectivity index (χ0n) is 18.9. The molecule has 0 radical (unpaired) electrons. The maximum Gasteiger partial charge on any atom is 0.255 e. The average molecular weight is 454 g/mol. The van der Waals surface area contributed by atoms with Gasteiger partial charge < -0.3 is 14.4 Å².